The van der Waals surface area contributed by atoms with Gasteiger partial charge in [0.15, 0.2) is 5.78 Å². The lowest BCUT2D eigenvalue weighted by molar-refractivity contribution is -0.139. The Morgan fingerprint density at radius 1 is 1.16 bits per heavy atom. The summed E-state index contributed by atoms with van der Waals surface area (Å²) in [6.07, 6.45) is 0. The van der Waals surface area contributed by atoms with E-state index in [2.05, 4.69) is 0 Å². The van der Waals surface area contributed by atoms with Crippen LogP contribution in [-0.4, -0.2) is 31.1 Å². The van der Waals surface area contributed by atoms with Crippen molar-refractivity contribution in [1.29, 1.82) is 0 Å². The fourth-order valence-corrected chi connectivity index (χ4v) is 1.87. The molecule has 0 aliphatic heterocycles. The van der Waals surface area contributed by atoms with Gasteiger partial charge < -0.3 is 14.6 Å². The summed E-state index contributed by atoms with van der Waals surface area (Å²) in [6.45, 7) is 5.01. The molecule has 0 aromatic heterocycles. The Hall–Kier alpha value is -2.04. The second-order valence-corrected chi connectivity index (χ2v) is 4.33. The minimum absolute atomic E-state index is 0.234. The highest BCUT2D eigenvalue weighted by molar-refractivity contribution is 6.09. The van der Waals surface area contributed by atoms with Crippen LogP contribution in [0, 0.1) is 19.8 Å². The van der Waals surface area contributed by atoms with Gasteiger partial charge in [-0.15, -0.1) is 0 Å². The molecule has 1 aromatic carbocycles. The summed E-state index contributed by atoms with van der Waals surface area (Å²) < 4.78 is 10.4. The average Bonchev–Trinajstić information content (AvgIpc) is 2.39. The fraction of sp³-hybridized carbons (Fsp3) is 0.429. The standard InChI is InChI=1S/C14H18O5/c1-7-8(2)13(19-5)10(6-11(7)18-4)12(15)9(3)14(16)17/h6,9H,1-5H3,(H,16,17). The fourth-order valence-electron chi connectivity index (χ4n) is 1.87. The molecule has 0 bridgehead atoms. The molecule has 0 fully saturated rings. The lowest BCUT2D eigenvalue weighted by atomic mass is 9.94. The highest BCUT2D eigenvalue weighted by atomic mass is 16.5. The van der Waals surface area contributed by atoms with Gasteiger partial charge in [0.1, 0.15) is 17.4 Å². The number of carboxylic acid groups (broad SMARTS) is 1. The van der Waals surface area contributed by atoms with Crippen LogP contribution in [0.25, 0.3) is 0 Å². The van der Waals surface area contributed by atoms with Gasteiger partial charge in [0.05, 0.1) is 19.8 Å². The second kappa shape index (κ2) is 5.73. The van der Waals surface area contributed by atoms with Crippen molar-refractivity contribution in [3.63, 3.8) is 0 Å². The molecule has 0 saturated heterocycles. The molecular formula is C14H18O5. The number of Topliss-reactive ketones (excluding diaryl/α,β-unsaturated/α-hetero) is 1. The van der Waals surface area contributed by atoms with Gasteiger partial charge in [-0.2, -0.15) is 0 Å². The van der Waals surface area contributed by atoms with Crippen LogP contribution in [0.5, 0.6) is 11.5 Å². The van der Waals surface area contributed by atoms with E-state index < -0.39 is 17.7 Å². The molecule has 0 aliphatic rings. The highest BCUT2D eigenvalue weighted by Crippen LogP contribution is 2.34. The van der Waals surface area contributed by atoms with E-state index in [9.17, 15) is 9.59 Å². The number of benzene rings is 1. The first-order valence-electron chi connectivity index (χ1n) is 5.84. The van der Waals surface area contributed by atoms with Crippen molar-refractivity contribution < 1.29 is 24.2 Å². The maximum atomic E-state index is 12.2. The van der Waals surface area contributed by atoms with Crippen molar-refractivity contribution in [3.8, 4) is 11.5 Å². The van der Waals surface area contributed by atoms with Crippen molar-refractivity contribution in [1.82, 2.24) is 0 Å². The molecule has 5 nitrogen and oxygen atoms in total. The zero-order chi connectivity index (χ0) is 14.7. The van der Waals surface area contributed by atoms with Crippen molar-refractivity contribution in [3.05, 3.63) is 22.8 Å². The molecule has 1 N–H and O–H groups in total. The minimum Gasteiger partial charge on any atom is -0.496 e. The first-order valence-corrected chi connectivity index (χ1v) is 5.84. The van der Waals surface area contributed by atoms with Crippen molar-refractivity contribution >= 4 is 11.8 Å². The number of hydrogen-bond acceptors (Lipinski definition) is 4. The average molecular weight is 266 g/mol. The predicted molar refractivity (Wildman–Crippen MR) is 70.2 cm³/mol. The molecular weight excluding hydrogens is 248 g/mol. The van der Waals surface area contributed by atoms with Crippen LogP contribution >= 0.6 is 0 Å². The molecule has 1 unspecified atom stereocenters. The number of methoxy groups -OCH3 is 2. The van der Waals surface area contributed by atoms with Gasteiger partial charge >= 0.3 is 5.97 Å². The molecule has 104 valence electrons. The minimum atomic E-state index is -1.16. The molecule has 0 spiro atoms. The SMILES string of the molecule is COc1cc(C(=O)C(C)C(=O)O)c(OC)c(C)c1C. The van der Waals surface area contributed by atoms with Crippen molar-refractivity contribution in [2.75, 3.05) is 14.2 Å². The van der Waals surface area contributed by atoms with Crippen LogP contribution in [-0.2, 0) is 4.79 Å². The topological polar surface area (TPSA) is 72.8 Å². The number of ether oxygens (including phenoxy) is 2. The largest absolute Gasteiger partial charge is 0.496 e. The Bertz CT molecular complexity index is 519. The summed E-state index contributed by atoms with van der Waals surface area (Å²) >= 11 is 0. The van der Waals surface area contributed by atoms with E-state index in [1.165, 1.54) is 27.2 Å². The van der Waals surface area contributed by atoms with E-state index >= 15 is 0 Å². The number of carbonyl (C=O) groups excluding carboxylic acids is 1. The van der Waals surface area contributed by atoms with Crippen LogP contribution in [0.1, 0.15) is 28.4 Å². The molecule has 0 heterocycles. The summed E-state index contributed by atoms with van der Waals surface area (Å²) in [6, 6.07) is 1.53. The third-order valence-electron chi connectivity index (χ3n) is 3.25. The molecule has 0 amide bonds. The molecule has 1 aromatic rings. The Morgan fingerprint density at radius 2 is 1.74 bits per heavy atom. The molecule has 5 heteroatoms. The molecule has 0 saturated carbocycles. The molecule has 1 atom stereocenters. The third kappa shape index (κ3) is 2.70. The number of carboxylic acids is 1. The lowest BCUT2D eigenvalue weighted by Crippen LogP contribution is -2.21. The van der Waals surface area contributed by atoms with Gasteiger partial charge in [0, 0.05) is 0 Å². The van der Waals surface area contributed by atoms with Crippen molar-refractivity contribution in [2.24, 2.45) is 5.92 Å². The van der Waals surface area contributed by atoms with Crippen LogP contribution in [0.4, 0.5) is 0 Å². The normalized spacial score (nSPS) is 11.8. The van der Waals surface area contributed by atoms with Crippen LogP contribution in [0.3, 0.4) is 0 Å². The van der Waals surface area contributed by atoms with E-state index in [1.807, 2.05) is 6.92 Å². The molecule has 19 heavy (non-hydrogen) atoms. The first-order chi connectivity index (χ1) is 8.84. The van der Waals surface area contributed by atoms with Gasteiger partial charge in [-0.3, -0.25) is 9.59 Å². The Labute approximate surface area is 112 Å². The number of rotatable bonds is 5. The highest BCUT2D eigenvalue weighted by Gasteiger charge is 2.27. The zero-order valence-electron chi connectivity index (χ0n) is 11.7. The summed E-state index contributed by atoms with van der Waals surface area (Å²) in [7, 11) is 2.96. The number of ketones is 1. The summed E-state index contributed by atoms with van der Waals surface area (Å²) in [5.74, 6) is -1.84. The van der Waals surface area contributed by atoms with Gasteiger partial charge in [-0.05, 0) is 38.0 Å². The summed E-state index contributed by atoms with van der Waals surface area (Å²) in [4.78, 5) is 23.1. The van der Waals surface area contributed by atoms with Crippen molar-refractivity contribution in [2.45, 2.75) is 20.8 Å². The van der Waals surface area contributed by atoms with Gasteiger partial charge in [0.2, 0.25) is 0 Å². The number of carbonyl (C=O) groups is 2. The van der Waals surface area contributed by atoms with Crippen LogP contribution in [0.2, 0.25) is 0 Å². The Morgan fingerprint density at radius 3 is 2.16 bits per heavy atom. The monoisotopic (exact) mass is 266 g/mol. The van der Waals surface area contributed by atoms with Crippen LogP contribution < -0.4 is 9.47 Å². The third-order valence-corrected chi connectivity index (χ3v) is 3.25. The maximum Gasteiger partial charge on any atom is 0.314 e. The maximum absolute atomic E-state index is 12.2. The van der Waals surface area contributed by atoms with Gasteiger partial charge in [0.25, 0.3) is 0 Å². The quantitative estimate of drug-likeness (QED) is 0.653. The number of hydrogen-bond donors (Lipinski definition) is 1. The van der Waals surface area contributed by atoms with E-state index in [4.69, 9.17) is 14.6 Å². The Kier molecular flexibility index (Phi) is 4.53. The van der Waals surface area contributed by atoms with E-state index in [0.29, 0.717) is 11.5 Å². The summed E-state index contributed by atoms with van der Waals surface area (Å²) in [5.41, 5.74) is 1.86. The zero-order valence-corrected chi connectivity index (χ0v) is 11.7. The van der Waals surface area contributed by atoms with Gasteiger partial charge in [-0.1, -0.05) is 0 Å². The second-order valence-electron chi connectivity index (χ2n) is 4.33. The Balaban J connectivity index is 3.46. The first kappa shape index (κ1) is 15.0. The lowest BCUT2D eigenvalue weighted by Gasteiger charge is -2.17. The molecule has 1 rings (SSSR count). The van der Waals surface area contributed by atoms with E-state index in [0.717, 1.165) is 11.1 Å². The predicted octanol–water partition coefficient (Wildman–Crippen LogP) is 2.22. The van der Waals surface area contributed by atoms with E-state index in [1.54, 1.807) is 6.92 Å². The van der Waals surface area contributed by atoms with Gasteiger partial charge in [-0.25, -0.2) is 0 Å². The smallest absolute Gasteiger partial charge is 0.314 e. The van der Waals surface area contributed by atoms with E-state index in [-0.39, 0.29) is 5.56 Å². The summed E-state index contributed by atoms with van der Waals surface area (Å²) in [5, 5.41) is 8.93. The van der Waals surface area contributed by atoms with Crippen LogP contribution in [0.15, 0.2) is 6.07 Å². The molecule has 0 aliphatic carbocycles. The molecule has 0 radical (unpaired) electrons. The number of aliphatic carboxylic acids is 1.